The van der Waals surface area contributed by atoms with Crippen molar-refractivity contribution in [2.24, 2.45) is 0 Å². The van der Waals surface area contributed by atoms with Gasteiger partial charge in [0.25, 0.3) is 5.91 Å². The quantitative estimate of drug-likeness (QED) is 0.849. The molecule has 106 valence electrons. The van der Waals surface area contributed by atoms with Gasteiger partial charge in [-0.15, -0.1) is 0 Å². The zero-order chi connectivity index (χ0) is 14.9. The molecule has 1 heterocycles. The average molecular weight is 307 g/mol. The molecule has 0 bridgehead atoms. The minimum Gasteiger partial charge on any atom is -0.384 e. The molecule has 0 fully saturated rings. The molecule has 0 aliphatic heterocycles. The highest BCUT2D eigenvalue weighted by Gasteiger charge is 2.16. The number of nitrogens with two attached hydrogens (primary N) is 1. The molecule has 2 aromatic rings. The number of nitrogen functional groups attached to an aromatic ring is 1. The van der Waals surface area contributed by atoms with Crippen molar-refractivity contribution < 1.29 is 4.79 Å². The summed E-state index contributed by atoms with van der Waals surface area (Å²) in [6, 6.07) is 5.81. The van der Waals surface area contributed by atoms with Crippen molar-refractivity contribution in [1.82, 2.24) is 4.57 Å². The molecular weight excluding hydrogens is 290 g/mol. The maximum absolute atomic E-state index is 12.3. The normalized spacial score (nSPS) is 10.6. The Bertz CT molecular complexity index is 716. The van der Waals surface area contributed by atoms with Crippen LogP contribution in [0.4, 0.5) is 11.5 Å². The molecule has 0 aliphatic rings. The van der Waals surface area contributed by atoms with Crippen LogP contribution in [0.3, 0.4) is 0 Å². The van der Waals surface area contributed by atoms with E-state index in [0.29, 0.717) is 21.2 Å². The van der Waals surface area contributed by atoms with Crippen molar-refractivity contribution in [3.63, 3.8) is 0 Å². The first-order valence-corrected chi connectivity index (χ1v) is 7.54. The number of nitrogens with zero attached hydrogens (tertiary/aromatic N) is 1. The number of hydrogen-bond donors (Lipinski definition) is 2. The summed E-state index contributed by atoms with van der Waals surface area (Å²) < 4.78 is 2.38. The minimum absolute atomic E-state index is 0.214. The van der Waals surface area contributed by atoms with Crippen LogP contribution < -0.4 is 11.1 Å². The number of amides is 1. The number of thiazole rings is 1. The van der Waals surface area contributed by atoms with Gasteiger partial charge >= 0.3 is 0 Å². The number of anilines is 2. The minimum atomic E-state index is -0.214. The summed E-state index contributed by atoms with van der Waals surface area (Å²) in [6.45, 7) is 6.66. The van der Waals surface area contributed by atoms with Crippen molar-refractivity contribution in [3.8, 4) is 0 Å². The molecular formula is C14H17N3OS2. The van der Waals surface area contributed by atoms with Crippen molar-refractivity contribution in [1.29, 1.82) is 0 Å². The second-order valence-electron chi connectivity index (χ2n) is 4.58. The predicted octanol–water partition coefficient (Wildman–Crippen LogP) is 3.75. The number of carbonyl (C=O) groups excluding carboxylic acids is 1. The fraction of sp³-hybridized carbons (Fsp3) is 0.286. The molecule has 6 heteroatoms. The van der Waals surface area contributed by atoms with Gasteiger partial charge in [0.2, 0.25) is 0 Å². The maximum atomic E-state index is 12.3. The molecule has 20 heavy (non-hydrogen) atoms. The van der Waals surface area contributed by atoms with Crippen LogP contribution in [0.15, 0.2) is 18.2 Å². The van der Waals surface area contributed by atoms with Crippen LogP contribution in [0.25, 0.3) is 0 Å². The molecule has 1 amide bonds. The predicted molar refractivity (Wildman–Crippen MR) is 87.1 cm³/mol. The number of aryl methyl sites for hydroxylation is 2. The Labute approximate surface area is 127 Å². The number of nitrogens with one attached hydrogen (secondary N) is 1. The zero-order valence-electron chi connectivity index (χ0n) is 11.7. The van der Waals surface area contributed by atoms with E-state index < -0.39 is 0 Å². The van der Waals surface area contributed by atoms with Gasteiger partial charge in [-0.1, -0.05) is 17.4 Å². The number of carbonyl (C=O) groups is 1. The van der Waals surface area contributed by atoms with E-state index in [1.165, 1.54) is 16.9 Å². The lowest BCUT2D eigenvalue weighted by molar-refractivity contribution is 0.103. The molecule has 1 aromatic carbocycles. The Kier molecular flexibility index (Phi) is 4.25. The molecule has 0 radical (unpaired) electrons. The largest absolute Gasteiger partial charge is 0.384 e. The maximum Gasteiger partial charge on any atom is 0.269 e. The molecule has 0 unspecified atom stereocenters. The summed E-state index contributed by atoms with van der Waals surface area (Å²) in [5.74, 6) is 0.220. The third-order valence-corrected chi connectivity index (χ3v) is 4.68. The summed E-state index contributed by atoms with van der Waals surface area (Å²) in [7, 11) is 0. The molecule has 0 aliphatic carbocycles. The molecule has 0 spiro atoms. The van der Waals surface area contributed by atoms with Gasteiger partial charge in [0.05, 0.1) is 0 Å². The third-order valence-electron chi connectivity index (χ3n) is 3.22. The Hall–Kier alpha value is -1.66. The fourth-order valence-corrected chi connectivity index (χ4v) is 3.23. The van der Waals surface area contributed by atoms with Crippen LogP contribution in [0.5, 0.6) is 0 Å². The second kappa shape index (κ2) is 5.76. The van der Waals surface area contributed by atoms with Gasteiger partial charge in [0, 0.05) is 12.2 Å². The monoisotopic (exact) mass is 307 g/mol. The first-order chi connectivity index (χ1) is 9.43. The zero-order valence-corrected chi connectivity index (χ0v) is 13.3. The highest BCUT2D eigenvalue weighted by Crippen LogP contribution is 2.24. The van der Waals surface area contributed by atoms with Gasteiger partial charge in [-0.05, 0) is 56.2 Å². The number of benzene rings is 1. The highest BCUT2D eigenvalue weighted by atomic mass is 32.1. The van der Waals surface area contributed by atoms with E-state index in [2.05, 4.69) is 5.32 Å². The number of rotatable bonds is 3. The summed E-state index contributed by atoms with van der Waals surface area (Å²) >= 11 is 6.44. The van der Waals surface area contributed by atoms with Gasteiger partial charge in [0.15, 0.2) is 3.95 Å². The lowest BCUT2D eigenvalue weighted by Crippen LogP contribution is -2.13. The van der Waals surface area contributed by atoms with Crippen LogP contribution in [-0.4, -0.2) is 10.5 Å². The summed E-state index contributed by atoms with van der Waals surface area (Å²) in [5, 5.41) is 2.86. The summed E-state index contributed by atoms with van der Waals surface area (Å²) in [6.07, 6.45) is 0. The Morgan fingerprint density at radius 3 is 2.65 bits per heavy atom. The van der Waals surface area contributed by atoms with E-state index in [-0.39, 0.29) is 5.91 Å². The van der Waals surface area contributed by atoms with Crippen LogP contribution >= 0.6 is 23.6 Å². The highest BCUT2D eigenvalue weighted by molar-refractivity contribution is 7.73. The topological polar surface area (TPSA) is 60.0 Å². The van der Waals surface area contributed by atoms with Crippen LogP contribution in [0, 0.1) is 17.8 Å². The van der Waals surface area contributed by atoms with Crippen LogP contribution in [0.1, 0.15) is 27.7 Å². The van der Waals surface area contributed by atoms with Crippen molar-refractivity contribution in [2.45, 2.75) is 27.3 Å². The average Bonchev–Trinajstić information content (AvgIpc) is 2.69. The van der Waals surface area contributed by atoms with Gasteiger partial charge in [-0.2, -0.15) is 0 Å². The van der Waals surface area contributed by atoms with E-state index in [9.17, 15) is 4.79 Å². The summed E-state index contributed by atoms with van der Waals surface area (Å²) in [4.78, 5) is 12.7. The van der Waals surface area contributed by atoms with Crippen molar-refractivity contribution >= 4 is 41.0 Å². The number of aromatic nitrogens is 1. The Balaban J connectivity index is 2.28. The van der Waals surface area contributed by atoms with Crippen LogP contribution in [0.2, 0.25) is 0 Å². The first kappa shape index (κ1) is 14.7. The number of hydrogen-bond acceptors (Lipinski definition) is 4. The van der Waals surface area contributed by atoms with Crippen LogP contribution in [-0.2, 0) is 6.54 Å². The van der Waals surface area contributed by atoms with E-state index in [0.717, 1.165) is 11.3 Å². The molecule has 0 saturated carbocycles. The van der Waals surface area contributed by atoms with Gasteiger partial charge < -0.3 is 15.6 Å². The molecule has 3 N–H and O–H groups in total. The van der Waals surface area contributed by atoms with Gasteiger partial charge in [0.1, 0.15) is 10.7 Å². The second-order valence-corrected chi connectivity index (χ2v) is 6.22. The molecule has 2 rings (SSSR count). The first-order valence-electron chi connectivity index (χ1n) is 6.31. The molecule has 0 atom stereocenters. The van der Waals surface area contributed by atoms with Crippen molar-refractivity contribution in [3.05, 3.63) is 38.2 Å². The molecule has 1 aromatic heterocycles. The summed E-state index contributed by atoms with van der Waals surface area (Å²) in [5.41, 5.74) is 9.06. The van der Waals surface area contributed by atoms with Gasteiger partial charge in [-0.3, -0.25) is 4.79 Å². The molecule has 0 saturated heterocycles. The third kappa shape index (κ3) is 2.76. The lowest BCUT2D eigenvalue weighted by atomic mass is 10.1. The smallest absolute Gasteiger partial charge is 0.269 e. The standard InChI is InChI=1S/C14H17N3OS2/c1-4-17-12(15)11(20-14(17)19)13(18)16-10-6-5-8(2)9(3)7-10/h5-7H,4,15H2,1-3H3,(H,16,18). The van der Waals surface area contributed by atoms with Gasteiger partial charge in [-0.25, -0.2) is 0 Å². The fourth-order valence-electron chi connectivity index (χ4n) is 1.88. The Morgan fingerprint density at radius 1 is 1.40 bits per heavy atom. The SMILES string of the molecule is CCn1c(N)c(C(=O)Nc2ccc(C)c(C)c2)sc1=S. The van der Waals surface area contributed by atoms with E-state index in [4.69, 9.17) is 18.0 Å². The van der Waals surface area contributed by atoms with E-state index >= 15 is 0 Å². The molecule has 4 nitrogen and oxygen atoms in total. The van der Waals surface area contributed by atoms with Crippen molar-refractivity contribution in [2.75, 3.05) is 11.1 Å². The van der Waals surface area contributed by atoms with E-state index in [1.807, 2.05) is 39.0 Å². The lowest BCUT2D eigenvalue weighted by Gasteiger charge is -2.07. The van der Waals surface area contributed by atoms with E-state index in [1.54, 1.807) is 4.57 Å². The Morgan fingerprint density at radius 2 is 2.10 bits per heavy atom.